The summed E-state index contributed by atoms with van der Waals surface area (Å²) in [5.74, 6) is -0.364. The molecule has 1 atom stereocenters. The van der Waals surface area contributed by atoms with Crippen molar-refractivity contribution in [3.8, 4) is 0 Å². The fraction of sp³-hybridized carbons (Fsp3) is 0.417. The lowest BCUT2D eigenvalue weighted by atomic mass is 9.93. The van der Waals surface area contributed by atoms with Gasteiger partial charge in [0.05, 0.1) is 6.04 Å². The van der Waals surface area contributed by atoms with E-state index in [1.165, 1.54) is 41.2 Å². The zero-order valence-electron chi connectivity index (χ0n) is 17.8. The first-order chi connectivity index (χ1) is 14.4. The van der Waals surface area contributed by atoms with Crippen molar-refractivity contribution in [1.82, 2.24) is 4.90 Å². The van der Waals surface area contributed by atoms with Crippen molar-refractivity contribution >= 4 is 17.5 Å². The fourth-order valence-corrected chi connectivity index (χ4v) is 4.09. The fourth-order valence-electron chi connectivity index (χ4n) is 4.09. The van der Waals surface area contributed by atoms with Crippen LogP contribution < -0.4 is 10.2 Å². The second kappa shape index (κ2) is 10.3. The molecule has 160 valence electrons. The van der Waals surface area contributed by atoms with Crippen LogP contribution in [0.5, 0.6) is 0 Å². The molecule has 2 amide bonds. The van der Waals surface area contributed by atoms with E-state index in [-0.39, 0.29) is 17.6 Å². The molecule has 1 saturated carbocycles. The predicted octanol–water partition coefficient (Wildman–Crippen LogP) is 2.88. The molecule has 1 aliphatic carbocycles. The van der Waals surface area contributed by atoms with Crippen molar-refractivity contribution < 1.29 is 18.9 Å². The average Bonchev–Trinajstić information content (AvgIpc) is 2.75. The van der Waals surface area contributed by atoms with E-state index in [0.717, 1.165) is 18.4 Å². The van der Waals surface area contributed by atoms with Crippen LogP contribution in [0.3, 0.4) is 0 Å². The largest absolute Gasteiger partial charge is 0.345 e. The maximum atomic E-state index is 13.3. The van der Waals surface area contributed by atoms with Crippen LogP contribution in [-0.2, 0) is 11.3 Å². The van der Waals surface area contributed by atoms with Crippen LogP contribution in [0.15, 0.2) is 48.5 Å². The van der Waals surface area contributed by atoms with E-state index in [4.69, 9.17) is 0 Å². The second-order valence-corrected chi connectivity index (χ2v) is 8.30. The van der Waals surface area contributed by atoms with Gasteiger partial charge in [0.15, 0.2) is 6.54 Å². The van der Waals surface area contributed by atoms with Crippen LogP contribution in [0.1, 0.15) is 48.0 Å². The highest BCUT2D eigenvalue weighted by molar-refractivity contribution is 5.95. The predicted molar refractivity (Wildman–Crippen MR) is 116 cm³/mol. The summed E-state index contributed by atoms with van der Waals surface area (Å²) in [6, 6.07) is 14.0. The highest BCUT2D eigenvalue weighted by Gasteiger charge is 2.27. The number of hydrogen-bond donors (Lipinski definition) is 2. The molecule has 1 unspecified atom stereocenters. The van der Waals surface area contributed by atoms with E-state index in [9.17, 15) is 14.0 Å². The van der Waals surface area contributed by atoms with Gasteiger partial charge in [-0.25, -0.2) is 4.39 Å². The molecule has 2 aromatic rings. The van der Waals surface area contributed by atoms with Gasteiger partial charge in [0.1, 0.15) is 12.4 Å². The molecule has 5 nitrogen and oxygen atoms in total. The van der Waals surface area contributed by atoms with Gasteiger partial charge in [-0.15, -0.1) is 0 Å². The Morgan fingerprint density at radius 2 is 1.63 bits per heavy atom. The second-order valence-electron chi connectivity index (χ2n) is 8.30. The molecule has 6 heteroatoms. The Balaban J connectivity index is 1.64. The van der Waals surface area contributed by atoms with Gasteiger partial charge in [0.25, 0.3) is 11.8 Å². The van der Waals surface area contributed by atoms with Crippen LogP contribution in [0.25, 0.3) is 0 Å². The Kier molecular flexibility index (Phi) is 7.57. The lowest BCUT2D eigenvalue weighted by Gasteiger charge is -2.31. The van der Waals surface area contributed by atoms with Gasteiger partial charge in [-0.2, -0.15) is 0 Å². The van der Waals surface area contributed by atoms with E-state index >= 15 is 0 Å². The Bertz CT molecular complexity index is 844. The Morgan fingerprint density at radius 3 is 2.23 bits per heavy atom. The number of amides is 2. The Hall–Kier alpha value is -2.73. The standard InChI is InChI=1S/C24H30FN3O2/c1-27(2)24(30)19-10-14-21(15-11-19)26-23(29)17-28(22-6-4-3-5-7-22)16-18-8-12-20(25)13-9-18/h8-15,22H,3-7,16-17H2,1-2H3,(H,26,29)/p+1. The van der Waals surface area contributed by atoms with Crippen LogP contribution in [0.4, 0.5) is 10.1 Å². The first-order valence-electron chi connectivity index (χ1n) is 10.6. The molecular weight excluding hydrogens is 381 g/mol. The Morgan fingerprint density at radius 1 is 1.00 bits per heavy atom. The maximum absolute atomic E-state index is 13.3. The van der Waals surface area contributed by atoms with Gasteiger partial charge in [-0.3, -0.25) is 9.59 Å². The van der Waals surface area contributed by atoms with E-state index in [2.05, 4.69) is 5.32 Å². The quantitative estimate of drug-likeness (QED) is 0.735. The van der Waals surface area contributed by atoms with Crippen molar-refractivity contribution in [3.05, 3.63) is 65.5 Å². The monoisotopic (exact) mass is 412 g/mol. The van der Waals surface area contributed by atoms with E-state index in [1.807, 2.05) is 0 Å². The summed E-state index contributed by atoms with van der Waals surface area (Å²) in [6.07, 6.45) is 5.88. The third-order valence-corrected chi connectivity index (χ3v) is 5.74. The lowest BCUT2D eigenvalue weighted by Crippen LogP contribution is -3.15. The van der Waals surface area contributed by atoms with Gasteiger partial charge in [-0.05, 0) is 62.1 Å². The number of halogens is 1. The third kappa shape index (κ3) is 6.13. The maximum Gasteiger partial charge on any atom is 0.279 e. The van der Waals surface area contributed by atoms with Crippen LogP contribution in [-0.4, -0.2) is 43.4 Å². The van der Waals surface area contributed by atoms with E-state index in [1.54, 1.807) is 50.5 Å². The van der Waals surface area contributed by atoms with Gasteiger partial charge < -0.3 is 15.1 Å². The summed E-state index contributed by atoms with van der Waals surface area (Å²) >= 11 is 0. The van der Waals surface area contributed by atoms with Crippen LogP contribution >= 0.6 is 0 Å². The molecule has 30 heavy (non-hydrogen) atoms. The molecule has 1 aliphatic rings. The van der Waals surface area contributed by atoms with Crippen LogP contribution in [0, 0.1) is 5.82 Å². The highest BCUT2D eigenvalue weighted by Crippen LogP contribution is 2.16. The minimum Gasteiger partial charge on any atom is -0.345 e. The molecule has 0 aliphatic heterocycles. The topological polar surface area (TPSA) is 53.9 Å². The third-order valence-electron chi connectivity index (χ3n) is 5.74. The number of carbonyl (C=O) groups is 2. The molecule has 2 N–H and O–H groups in total. The molecule has 0 aromatic heterocycles. The number of nitrogens with zero attached hydrogens (tertiary/aromatic N) is 1. The molecule has 1 fully saturated rings. The summed E-state index contributed by atoms with van der Waals surface area (Å²) < 4.78 is 13.3. The van der Waals surface area contributed by atoms with Gasteiger partial charge in [0, 0.05) is 30.9 Å². The molecule has 0 heterocycles. The molecule has 0 saturated heterocycles. The van der Waals surface area contributed by atoms with Crippen molar-refractivity contribution in [1.29, 1.82) is 0 Å². The normalized spacial score (nSPS) is 15.4. The summed E-state index contributed by atoms with van der Waals surface area (Å²) in [7, 11) is 3.42. The number of hydrogen-bond acceptors (Lipinski definition) is 2. The minimum atomic E-state index is -0.244. The average molecular weight is 413 g/mol. The minimum absolute atomic E-state index is 0.0515. The van der Waals surface area contributed by atoms with Gasteiger partial charge >= 0.3 is 0 Å². The molecular formula is C24H31FN3O2+. The van der Waals surface area contributed by atoms with Crippen molar-refractivity contribution in [2.75, 3.05) is 26.0 Å². The van der Waals surface area contributed by atoms with Gasteiger partial charge in [-0.1, -0.05) is 18.6 Å². The first-order valence-corrected chi connectivity index (χ1v) is 10.6. The molecule has 0 bridgehead atoms. The highest BCUT2D eigenvalue weighted by atomic mass is 19.1. The van der Waals surface area contributed by atoms with E-state index < -0.39 is 0 Å². The van der Waals surface area contributed by atoms with E-state index in [0.29, 0.717) is 30.4 Å². The number of anilines is 1. The molecule has 0 spiro atoms. The number of rotatable bonds is 7. The summed E-state index contributed by atoms with van der Waals surface area (Å²) in [5, 5.41) is 2.96. The number of carbonyl (C=O) groups excluding carboxylic acids is 2. The molecule has 0 radical (unpaired) electrons. The zero-order valence-corrected chi connectivity index (χ0v) is 17.8. The zero-order chi connectivity index (χ0) is 21.5. The number of benzene rings is 2. The summed E-state index contributed by atoms with van der Waals surface area (Å²) in [5.41, 5.74) is 2.31. The number of quaternary nitrogens is 1. The molecule has 3 rings (SSSR count). The lowest BCUT2D eigenvalue weighted by molar-refractivity contribution is -0.932. The summed E-state index contributed by atoms with van der Waals surface area (Å²) in [4.78, 5) is 27.5. The smallest absolute Gasteiger partial charge is 0.279 e. The number of nitrogens with one attached hydrogen (secondary N) is 2. The molecule has 2 aromatic carbocycles. The Labute approximate surface area is 177 Å². The van der Waals surface area contributed by atoms with Crippen LogP contribution in [0.2, 0.25) is 0 Å². The van der Waals surface area contributed by atoms with Gasteiger partial charge in [0.2, 0.25) is 0 Å². The first kappa shape index (κ1) is 22.0. The SMILES string of the molecule is CN(C)C(=O)c1ccc(NC(=O)C[NH+](Cc2ccc(F)cc2)C2CCCCC2)cc1. The van der Waals surface area contributed by atoms with Crippen molar-refractivity contribution in [2.24, 2.45) is 0 Å². The van der Waals surface area contributed by atoms with Crippen molar-refractivity contribution in [2.45, 2.75) is 44.7 Å². The van der Waals surface area contributed by atoms with Crippen molar-refractivity contribution in [3.63, 3.8) is 0 Å². The summed E-state index contributed by atoms with van der Waals surface area (Å²) in [6.45, 7) is 1.06.